The lowest BCUT2D eigenvalue weighted by Gasteiger charge is -2.15. The van der Waals surface area contributed by atoms with Crippen LogP contribution in [0.2, 0.25) is 0 Å². The Bertz CT molecular complexity index is 742. The molecule has 25 heavy (non-hydrogen) atoms. The first-order valence-corrected chi connectivity index (χ1v) is 9.54. The zero-order chi connectivity index (χ0) is 19.3. The number of alkyl halides is 3. The number of aromatic nitrogens is 1. The highest BCUT2D eigenvalue weighted by Crippen LogP contribution is 2.29. The molecule has 0 aliphatic carbocycles. The molecule has 0 radical (unpaired) electrons. The molecule has 0 aliphatic rings. The smallest absolute Gasteiger partial charge is 0.433 e. The number of hydrogen-bond donors (Lipinski definition) is 1. The van der Waals surface area contributed by atoms with Crippen LogP contribution in [-0.4, -0.2) is 39.7 Å². The second kappa shape index (κ2) is 8.56. The van der Waals surface area contributed by atoms with E-state index >= 15 is 0 Å². The maximum Gasteiger partial charge on any atom is 0.433 e. The quantitative estimate of drug-likeness (QED) is 0.608. The van der Waals surface area contributed by atoms with Gasteiger partial charge in [0.2, 0.25) is 5.11 Å². The first-order valence-electron chi connectivity index (χ1n) is 7.15. The highest BCUT2D eigenvalue weighted by atomic mass is 32.2. The van der Waals surface area contributed by atoms with Gasteiger partial charge in [0.1, 0.15) is 12.2 Å². The largest absolute Gasteiger partial charge is 0.465 e. The first-order chi connectivity index (χ1) is 11.5. The number of esters is 1. The lowest BCUT2D eigenvalue weighted by atomic mass is 10.2. The molecule has 0 amide bonds. The summed E-state index contributed by atoms with van der Waals surface area (Å²) in [7, 11) is -2.92. The summed E-state index contributed by atoms with van der Waals surface area (Å²) >= 11 is 4.91. The predicted octanol–water partition coefficient (Wildman–Crippen LogP) is 2.70. The van der Waals surface area contributed by atoms with Gasteiger partial charge < -0.3 is 10.1 Å². The van der Waals surface area contributed by atoms with Crippen molar-refractivity contribution in [3.8, 4) is 0 Å². The van der Waals surface area contributed by atoms with Crippen LogP contribution in [0.25, 0.3) is 0 Å². The van der Waals surface area contributed by atoms with E-state index in [-0.39, 0.29) is 18.3 Å². The van der Waals surface area contributed by atoms with Gasteiger partial charge >= 0.3 is 12.1 Å². The molecule has 0 saturated carbocycles. The number of nitrogens with zero attached hydrogens (tertiary/aromatic N) is 2. The molecule has 0 spiro atoms. The molecule has 0 aliphatic heterocycles. The third-order valence-corrected chi connectivity index (χ3v) is 5.64. The van der Waals surface area contributed by atoms with Crippen LogP contribution >= 0.6 is 12.2 Å². The zero-order valence-corrected chi connectivity index (χ0v) is 15.4. The molecule has 1 heterocycles. The standard InChI is InChI=1S/C14H18F3N3O3S2/c1-4-23-12(21)8-19-13(24)20-25(3,22)9(2)10-5-6-11(18-7-10)14(15,16)17/h5-7,9H,4,8H2,1-3H3,(H,19,24). The predicted molar refractivity (Wildman–Crippen MR) is 91.4 cm³/mol. The van der Waals surface area contributed by atoms with Gasteiger partial charge in [0.15, 0.2) is 0 Å². The van der Waals surface area contributed by atoms with Crippen LogP contribution in [0.1, 0.15) is 30.4 Å². The van der Waals surface area contributed by atoms with Crippen molar-refractivity contribution in [1.82, 2.24) is 10.3 Å². The van der Waals surface area contributed by atoms with Gasteiger partial charge in [0, 0.05) is 12.5 Å². The van der Waals surface area contributed by atoms with Crippen molar-refractivity contribution in [2.24, 2.45) is 4.36 Å². The normalized spacial score (nSPS) is 15.0. The average molecular weight is 397 g/mol. The number of halogens is 3. The van der Waals surface area contributed by atoms with Crippen LogP contribution < -0.4 is 5.32 Å². The summed E-state index contributed by atoms with van der Waals surface area (Å²) in [4.78, 5) is 14.6. The summed E-state index contributed by atoms with van der Waals surface area (Å²) in [5.74, 6) is -0.539. The van der Waals surface area contributed by atoms with E-state index < -0.39 is 32.8 Å². The molecule has 0 bridgehead atoms. The van der Waals surface area contributed by atoms with Crippen molar-refractivity contribution in [3.63, 3.8) is 0 Å². The summed E-state index contributed by atoms with van der Waals surface area (Å²) in [5.41, 5.74) is -0.702. The van der Waals surface area contributed by atoms with Gasteiger partial charge in [0.25, 0.3) is 0 Å². The van der Waals surface area contributed by atoms with E-state index in [2.05, 4.69) is 14.7 Å². The van der Waals surface area contributed by atoms with E-state index in [1.165, 1.54) is 12.3 Å². The number of carbonyl (C=O) groups excluding carboxylic acids is 1. The highest BCUT2D eigenvalue weighted by molar-refractivity contribution is 7.94. The average Bonchev–Trinajstić information content (AvgIpc) is 2.51. The van der Waals surface area contributed by atoms with Crippen LogP contribution in [-0.2, 0) is 25.4 Å². The molecule has 1 aromatic rings. The fourth-order valence-electron chi connectivity index (χ4n) is 1.70. The molecule has 1 rings (SSSR count). The Balaban J connectivity index is 2.87. The van der Waals surface area contributed by atoms with Gasteiger partial charge in [-0.1, -0.05) is 6.07 Å². The molecule has 0 saturated heterocycles. The monoisotopic (exact) mass is 397 g/mol. The van der Waals surface area contributed by atoms with Crippen molar-refractivity contribution < 1.29 is 26.9 Å². The van der Waals surface area contributed by atoms with Crippen LogP contribution in [0.15, 0.2) is 22.7 Å². The minimum absolute atomic E-state index is 0.146. The Morgan fingerprint density at radius 2 is 2.12 bits per heavy atom. The third-order valence-electron chi connectivity index (χ3n) is 3.16. The summed E-state index contributed by atoms with van der Waals surface area (Å²) in [5, 5.41) is 1.64. The Hall–Kier alpha value is -1.75. The Labute approximate surface area is 149 Å². The van der Waals surface area contributed by atoms with E-state index in [0.29, 0.717) is 5.56 Å². The molecule has 2 unspecified atom stereocenters. The number of pyridine rings is 1. The summed E-state index contributed by atoms with van der Waals surface area (Å²) in [6.07, 6.45) is -2.20. The summed E-state index contributed by atoms with van der Waals surface area (Å²) < 4.78 is 58.9. The van der Waals surface area contributed by atoms with E-state index in [9.17, 15) is 22.2 Å². The number of thiocarbonyl (C=S) groups is 1. The molecule has 0 aromatic carbocycles. The van der Waals surface area contributed by atoms with E-state index in [0.717, 1.165) is 12.3 Å². The SMILES string of the molecule is CCOC(=O)CNC(=S)N=S(C)(=O)C(C)c1ccc(C(F)(F)F)nc1. The number of nitrogens with one attached hydrogen (secondary N) is 1. The molecule has 1 aromatic heterocycles. The van der Waals surface area contributed by atoms with Crippen molar-refractivity contribution in [2.75, 3.05) is 19.4 Å². The molecular weight excluding hydrogens is 379 g/mol. The van der Waals surface area contributed by atoms with Gasteiger partial charge in [-0.25, -0.2) is 4.21 Å². The van der Waals surface area contributed by atoms with Crippen LogP contribution in [0.4, 0.5) is 13.2 Å². The van der Waals surface area contributed by atoms with E-state index in [1.54, 1.807) is 13.8 Å². The molecule has 0 fully saturated rings. The Morgan fingerprint density at radius 3 is 2.60 bits per heavy atom. The van der Waals surface area contributed by atoms with Gasteiger partial charge in [-0.05, 0) is 37.7 Å². The van der Waals surface area contributed by atoms with Gasteiger partial charge in [-0.2, -0.15) is 17.5 Å². The molecule has 2 atom stereocenters. The van der Waals surface area contributed by atoms with Gasteiger partial charge in [-0.3, -0.25) is 9.78 Å². The van der Waals surface area contributed by atoms with Crippen LogP contribution in [0.3, 0.4) is 0 Å². The third kappa shape index (κ3) is 6.58. The summed E-state index contributed by atoms with van der Waals surface area (Å²) in [6, 6.07) is 2.02. The van der Waals surface area contributed by atoms with Crippen LogP contribution in [0, 0.1) is 0 Å². The lowest BCUT2D eigenvalue weighted by molar-refractivity contribution is -0.142. The summed E-state index contributed by atoms with van der Waals surface area (Å²) in [6.45, 7) is 3.19. The van der Waals surface area contributed by atoms with E-state index in [1.807, 2.05) is 0 Å². The van der Waals surface area contributed by atoms with Gasteiger partial charge in [-0.15, -0.1) is 0 Å². The maximum atomic E-state index is 12.7. The minimum Gasteiger partial charge on any atom is -0.465 e. The number of rotatable bonds is 5. The zero-order valence-electron chi connectivity index (χ0n) is 13.8. The molecule has 11 heteroatoms. The number of ether oxygens (including phenoxy) is 1. The Kier molecular flexibility index (Phi) is 7.29. The second-order valence-corrected chi connectivity index (χ2v) is 8.03. The molecule has 6 nitrogen and oxygen atoms in total. The number of carbonyl (C=O) groups is 1. The Morgan fingerprint density at radius 1 is 1.48 bits per heavy atom. The van der Waals surface area contributed by atoms with Crippen molar-refractivity contribution in [2.45, 2.75) is 25.3 Å². The van der Waals surface area contributed by atoms with Crippen molar-refractivity contribution >= 4 is 33.0 Å². The van der Waals surface area contributed by atoms with Gasteiger partial charge in [0.05, 0.1) is 21.6 Å². The minimum atomic E-state index is -4.54. The highest BCUT2D eigenvalue weighted by Gasteiger charge is 2.32. The molecule has 140 valence electrons. The first kappa shape index (κ1) is 21.3. The van der Waals surface area contributed by atoms with E-state index in [4.69, 9.17) is 17.0 Å². The fraction of sp³-hybridized carbons (Fsp3) is 0.500. The van der Waals surface area contributed by atoms with Crippen molar-refractivity contribution in [3.05, 3.63) is 29.6 Å². The molecular formula is C14H18F3N3O3S2. The number of hydrogen-bond acceptors (Lipinski definition) is 5. The van der Waals surface area contributed by atoms with Crippen molar-refractivity contribution in [1.29, 1.82) is 0 Å². The van der Waals surface area contributed by atoms with Crippen LogP contribution in [0.5, 0.6) is 0 Å². The fourth-order valence-corrected chi connectivity index (χ4v) is 3.41. The maximum absolute atomic E-state index is 12.7. The molecule has 1 N–H and O–H groups in total. The topological polar surface area (TPSA) is 80.6 Å². The second-order valence-electron chi connectivity index (χ2n) is 5.03. The lowest BCUT2D eigenvalue weighted by Crippen LogP contribution is -2.29.